The summed E-state index contributed by atoms with van der Waals surface area (Å²) in [6.45, 7) is 1.91. The van der Waals surface area contributed by atoms with Gasteiger partial charge in [0.05, 0.1) is 11.1 Å². The van der Waals surface area contributed by atoms with Gasteiger partial charge < -0.3 is 5.32 Å². The summed E-state index contributed by atoms with van der Waals surface area (Å²) in [5, 5.41) is 7.60. The normalized spacial score (nSPS) is 11.4. The molecule has 9 heteroatoms. The summed E-state index contributed by atoms with van der Waals surface area (Å²) >= 11 is 0. The van der Waals surface area contributed by atoms with Gasteiger partial charge in [-0.1, -0.05) is 23.8 Å². The fourth-order valence-corrected chi connectivity index (χ4v) is 4.42. The smallest absolute Gasteiger partial charge is 0.261 e. The molecule has 33 heavy (non-hydrogen) atoms. The molecule has 0 aliphatic rings. The maximum Gasteiger partial charge on any atom is 0.261 e. The van der Waals surface area contributed by atoms with E-state index in [1.165, 1.54) is 0 Å². The summed E-state index contributed by atoms with van der Waals surface area (Å²) in [7, 11) is -3.65. The number of sulfonamides is 1. The highest BCUT2D eigenvalue weighted by Crippen LogP contribution is 2.25. The minimum atomic E-state index is -3.65. The van der Waals surface area contributed by atoms with Crippen LogP contribution in [-0.2, 0) is 10.0 Å². The number of rotatable bonds is 6. The minimum Gasteiger partial charge on any atom is -0.340 e. The molecular weight excluding hydrogens is 436 g/mol. The summed E-state index contributed by atoms with van der Waals surface area (Å²) in [4.78, 5) is 9.07. The highest BCUT2D eigenvalue weighted by molar-refractivity contribution is 7.92. The molecule has 0 aliphatic carbocycles. The van der Waals surface area contributed by atoms with E-state index in [2.05, 4.69) is 25.1 Å². The van der Waals surface area contributed by atoms with Crippen molar-refractivity contribution in [3.8, 4) is 11.1 Å². The number of aryl methyl sites for hydroxylation is 1. The lowest BCUT2D eigenvalue weighted by Crippen LogP contribution is -2.12. The number of anilines is 3. The van der Waals surface area contributed by atoms with E-state index in [4.69, 9.17) is 0 Å². The van der Waals surface area contributed by atoms with Crippen molar-refractivity contribution in [2.45, 2.75) is 11.8 Å². The second-order valence-corrected chi connectivity index (χ2v) is 9.18. The minimum absolute atomic E-state index is 0.220. The zero-order valence-corrected chi connectivity index (χ0v) is 18.5. The Kier molecular flexibility index (Phi) is 5.23. The van der Waals surface area contributed by atoms with Crippen LogP contribution in [0.4, 0.5) is 17.2 Å². The summed E-state index contributed by atoms with van der Waals surface area (Å²) < 4.78 is 29.5. The third kappa shape index (κ3) is 4.39. The van der Waals surface area contributed by atoms with Crippen molar-refractivity contribution in [2.75, 3.05) is 10.0 Å². The van der Waals surface area contributed by atoms with Crippen molar-refractivity contribution in [2.24, 2.45) is 0 Å². The molecule has 2 aromatic carbocycles. The van der Waals surface area contributed by atoms with Crippen molar-refractivity contribution in [3.63, 3.8) is 0 Å². The monoisotopic (exact) mass is 456 g/mol. The van der Waals surface area contributed by atoms with Crippen molar-refractivity contribution in [1.82, 2.24) is 19.6 Å². The van der Waals surface area contributed by atoms with Crippen molar-refractivity contribution in [1.29, 1.82) is 0 Å². The van der Waals surface area contributed by atoms with Crippen LogP contribution >= 0.6 is 0 Å². The summed E-state index contributed by atoms with van der Waals surface area (Å²) in [5.41, 5.74) is 4.76. The van der Waals surface area contributed by atoms with Crippen LogP contribution in [0.1, 0.15) is 5.56 Å². The van der Waals surface area contributed by atoms with Crippen molar-refractivity contribution >= 4 is 32.9 Å². The van der Waals surface area contributed by atoms with Crippen LogP contribution in [0.2, 0.25) is 0 Å². The van der Waals surface area contributed by atoms with Crippen molar-refractivity contribution in [3.05, 3.63) is 97.1 Å². The molecule has 0 atom stereocenters. The number of benzene rings is 2. The Labute approximate surface area is 191 Å². The van der Waals surface area contributed by atoms with Gasteiger partial charge in [0.1, 0.15) is 5.82 Å². The third-order valence-electron chi connectivity index (χ3n) is 5.08. The summed E-state index contributed by atoms with van der Waals surface area (Å²) in [6.07, 6.45) is 7.09. The zero-order chi connectivity index (χ0) is 22.8. The van der Waals surface area contributed by atoms with Gasteiger partial charge in [-0.3, -0.25) is 9.71 Å². The van der Waals surface area contributed by atoms with Crippen molar-refractivity contribution < 1.29 is 8.42 Å². The lowest BCUT2D eigenvalue weighted by molar-refractivity contribution is 0.601. The molecule has 3 heterocycles. The number of nitrogens with zero attached hydrogens (tertiary/aromatic N) is 4. The lowest BCUT2D eigenvalue weighted by Gasteiger charge is -2.10. The second-order valence-electron chi connectivity index (χ2n) is 7.50. The van der Waals surface area contributed by atoms with E-state index in [-0.39, 0.29) is 4.90 Å². The van der Waals surface area contributed by atoms with E-state index in [1.54, 1.807) is 71.6 Å². The Balaban J connectivity index is 1.34. The van der Waals surface area contributed by atoms with Gasteiger partial charge in [-0.25, -0.2) is 17.9 Å². The first-order chi connectivity index (χ1) is 16.0. The Morgan fingerprint density at radius 2 is 1.64 bits per heavy atom. The largest absolute Gasteiger partial charge is 0.340 e. The molecule has 0 saturated heterocycles. The van der Waals surface area contributed by atoms with E-state index in [0.717, 1.165) is 22.4 Å². The molecule has 164 valence electrons. The van der Waals surface area contributed by atoms with E-state index in [9.17, 15) is 8.42 Å². The molecule has 0 spiro atoms. The first kappa shape index (κ1) is 20.7. The first-order valence-electron chi connectivity index (χ1n) is 10.2. The fourth-order valence-electron chi connectivity index (χ4n) is 3.37. The van der Waals surface area contributed by atoms with Gasteiger partial charge in [0, 0.05) is 41.1 Å². The molecule has 3 aromatic heterocycles. The maximum atomic E-state index is 12.6. The molecule has 5 rings (SSSR count). The summed E-state index contributed by atoms with van der Waals surface area (Å²) in [6, 6.07) is 19.3. The molecule has 2 N–H and O–H groups in total. The Bertz CT molecular complexity index is 1510. The predicted molar refractivity (Wildman–Crippen MR) is 128 cm³/mol. The Hall–Kier alpha value is -4.24. The van der Waals surface area contributed by atoms with Gasteiger partial charge in [0.25, 0.3) is 10.0 Å². The average Bonchev–Trinajstić information content (AvgIpc) is 3.24. The topological polar surface area (TPSA) is 101 Å². The Morgan fingerprint density at radius 1 is 0.879 bits per heavy atom. The van der Waals surface area contributed by atoms with Crippen LogP contribution < -0.4 is 10.0 Å². The zero-order valence-electron chi connectivity index (χ0n) is 17.7. The fraction of sp³-hybridized carbons (Fsp3) is 0.0417. The van der Waals surface area contributed by atoms with Gasteiger partial charge in [-0.15, -0.1) is 0 Å². The number of pyridine rings is 1. The van der Waals surface area contributed by atoms with E-state index >= 15 is 0 Å². The highest BCUT2D eigenvalue weighted by atomic mass is 32.2. The first-order valence-corrected chi connectivity index (χ1v) is 11.7. The standard InChI is InChI=1S/C24H20N6O2S/c1-17-4-10-21(11-5-17)33(31,32)29-20-8-6-19(7-9-20)27-23-12-14-30-24(28-23)22(16-26-30)18-3-2-13-25-15-18/h2-16,29H,1H3,(H,27,28). The molecule has 0 aliphatic heterocycles. The van der Waals surface area contributed by atoms with Crippen LogP contribution in [-0.4, -0.2) is 28.0 Å². The summed E-state index contributed by atoms with van der Waals surface area (Å²) in [5.74, 6) is 0.640. The van der Waals surface area contributed by atoms with E-state index < -0.39 is 10.0 Å². The molecule has 0 radical (unpaired) electrons. The molecule has 5 aromatic rings. The predicted octanol–water partition coefficient (Wildman–Crippen LogP) is 4.64. The quantitative estimate of drug-likeness (QED) is 0.386. The molecule has 0 bridgehead atoms. The molecule has 0 unspecified atom stereocenters. The van der Waals surface area contributed by atoms with Crippen LogP contribution in [0.15, 0.2) is 96.4 Å². The van der Waals surface area contributed by atoms with Gasteiger partial charge in [0.2, 0.25) is 0 Å². The number of nitrogens with one attached hydrogen (secondary N) is 2. The maximum absolute atomic E-state index is 12.6. The van der Waals surface area contributed by atoms with Crippen LogP contribution in [0.3, 0.4) is 0 Å². The third-order valence-corrected chi connectivity index (χ3v) is 6.48. The lowest BCUT2D eigenvalue weighted by atomic mass is 10.1. The van der Waals surface area contributed by atoms with E-state index in [0.29, 0.717) is 17.2 Å². The van der Waals surface area contributed by atoms with Gasteiger partial charge >= 0.3 is 0 Å². The molecule has 0 amide bonds. The molecule has 0 fully saturated rings. The highest BCUT2D eigenvalue weighted by Gasteiger charge is 2.14. The van der Waals surface area contributed by atoms with Gasteiger partial charge in [0.15, 0.2) is 5.65 Å². The number of hydrogen-bond donors (Lipinski definition) is 2. The van der Waals surface area contributed by atoms with Gasteiger partial charge in [-0.2, -0.15) is 5.10 Å². The average molecular weight is 457 g/mol. The molecule has 8 nitrogen and oxygen atoms in total. The SMILES string of the molecule is Cc1ccc(S(=O)(=O)Nc2ccc(Nc3ccn4ncc(-c5cccnc5)c4n3)cc2)cc1. The van der Waals surface area contributed by atoms with E-state index in [1.807, 2.05) is 31.3 Å². The number of hydrogen-bond acceptors (Lipinski definition) is 6. The Morgan fingerprint density at radius 3 is 2.36 bits per heavy atom. The van der Waals surface area contributed by atoms with Crippen LogP contribution in [0, 0.1) is 6.92 Å². The molecular formula is C24H20N6O2S. The van der Waals surface area contributed by atoms with Crippen LogP contribution in [0.5, 0.6) is 0 Å². The number of aromatic nitrogens is 4. The number of fused-ring (bicyclic) bond motifs is 1. The second kappa shape index (κ2) is 8.36. The van der Waals surface area contributed by atoms with Crippen LogP contribution in [0.25, 0.3) is 16.8 Å². The molecule has 0 saturated carbocycles. The van der Waals surface area contributed by atoms with Gasteiger partial charge in [-0.05, 0) is 55.5 Å².